The van der Waals surface area contributed by atoms with Gasteiger partial charge in [0.2, 0.25) is 0 Å². The van der Waals surface area contributed by atoms with Crippen LogP contribution in [-0.2, 0) is 9.53 Å². The fraction of sp³-hybridized carbons (Fsp3) is 0.750. The van der Waals surface area contributed by atoms with E-state index in [1.165, 1.54) is 6.08 Å². The van der Waals surface area contributed by atoms with E-state index in [1.54, 1.807) is 0 Å². The zero-order valence-electron chi connectivity index (χ0n) is 9.95. The normalized spacial score (nSPS) is 33.8. The standard InChI is InChI=1S/C12H20O5/c1-8-6-9(14)7-10(15)11(8)12(16)17-5-3-2-4-13/h2,4,8-11,13-15H,3,5-7H2,1H3/b4-2+. The zero-order valence-corrected chi connectivity index (χ0v) is 9.95. The van der Waals surface area contributed by atoms with E-state index < -0.39 is 24.1 Å². The highest BCUT2D eigenvalue weighted by Crippen LogP contribution is 2.31. The van der Waals surface area contributed by atoms with Gasteiger partial charge in [-0.15, -0.1) is 0 Å². The van der Waals surface area contributed by atoms with Gasteiger partial charge in [0.05, 0.1) is 31.0 Å². The van der Waals surface area contributed by atoms with Crippen LogP contribution in [0.5, 0.6) is 0 Å². The van der Waals surface area contributed by atoms with E-state index in [-0.39, 0.29) is 18.9 Å². The number of aliphatic hydroxyl groups excluding tert-OH is 3. The fourth-order valence-corrected chi connectivity index (χ4v) is 2.26. The Kier molecular flexibility index (Phi) is 5.44. The quantitative estimate of drug-likeness (QED) is 0.386. The van der Waals surface area contributed by atoms with E-state index in [1.807, 2.05) is 6.92 Å². The van der Waals surface area contributed by atoms with Crippen LogP contribution in [0.3, 0.4) is 0 Å². The Morgan fingerprint density at radius 1 is 1.41 bits per heavy atom. The predicted molar refractivity (Wildman–Crippen MR) is 61.2 cm³/mol. The number of carbonyl (C=O) groups is 1. The summed E-state index contributed by atoms with van der Waals surface area (Å²) in [5, 5.41) is 27.6. The molecular weight excluding hydrogens is 224 g/mol. The van der Waals surface area contributed by atoms with Crippen molar-refractivity contribution < 1.29 is 24.9 Å². The predicted octanol–water partition coefficient (Wildman–Crippen LogP) is 0.759. The molecule has 0 spiro atoms. The summed E-state index contributed by atoms with van der Waals surface area (Å²) in [7, 11) is 0. The molecule has 0 heterocycles. The summed E-state index contributed by atoms with van der Waals surface area (Å²) in [6.45, 7) is 2.01. The van der Waals surface area contributed by atoms with Crippen molar-refractivity contribution in [1.29, 1.82) is 0 Å². The zero-order chi connectivity index (χ0) is 12.8. The monoisotopic (exact) mass is 244 g/mol. The van der Waals surface area contributed by atoms with Gasteiger partial charge in [0, 0.05) is 12.8 Å². The minimum absolute atomic E-state index is 0.0883. The molecule has 98 valence electrons. The van der Waals surface area contributed by atoms with Crippen LogP contribution in [0.15, 0.2) is 12.3 Å². The average molecular weight is 244 g/mol. The van der Waals surface area contributed by atoms with Gasteiger partial charge in [-0.1, -0.05) is 6.92 Å². The van der Waals surface area contributed by atoms with E-state index in [4.69, 9.17) is 9.84 Å². The Hall–Kier alpha value is -1.07. The van der Waals surface area contributed by atoms with Gasteiger partial charge in [-0.25, -0.2) is 0 Å². The molecule has 1 saturated carbocycles. The van der Waals surface area contributed by atoms with Gasteiger partial charge in [-0.3, -0.25) is 4.79 Å². The van der Waals surface area contributed by atoms with Crippen molar-refractivity contribution in [3.8, 4) is 0 Å². The Morgan fingerprint density at radius 2 is 2.12 bits per heavy atom. The first kappa shape index (κ1) is 14.0. The number of hydrogen-bond acceptors (Lipinski definition) is 5. The molecule has 4 unspecified atom stereocenters. The van der Waals surface area contributed by atoms with Crippen LogP contribution in [0, 0.1) is 11.8 Å². The van der Waals surface area contributed by atoms with Gasteiger partial charge >= 0.3 is 5.97 Å². The Bertz CT molecular complexity index is 264. The Labute approximate surface area is 101 Å². The molecule has 0 bridgehead atoms. The first-order valence-electron chi connectivity index (χ1n) is 5.88. The Balaban J connectivity index is 2.44. The average Bonchev–Trinajstić information content (AvgIpc) is 2.23. The van der Waals surface area contributed by atoms with Gasteiger partial charge in [0.25, 0.3) is 0 Å². The third kappa shape index (κ3) is 4.02. The maximum absolute atomic E-state index is 11.7. The van der Waals surface area contributed by atoms with Crippen LogP contribution >= 0.6 is 0 Å². The highest BCUT2D eigenvalue weighted by atomic mass is 16.5. The molecule has 1 aliphatic rings. The molecule has 0 aromatic rings. The molecular formula is C12H20O5. The van der Waals surface area contributed by atoms with Crippen LogP contribution in [0.4, 0.5) is 0 Å². The maximum atomic E-state index is 11.7. The van der Waals surface area contributed by atoms with Crippen molar-refractivity contribution >= 4 is 5.97 Å². The third-order valence-electron chi connectivity index (χ3n) is 3.09. The second-order valence-electron chi connectivity index (χ2n) is 4.54. The first-order chi connectivity index (χ1) is 8.06. The molecule has 4 atom stereocenters. The molecule has 1 fully saturated rings. The minimum Gasteiger partial charge on any atom is -0.516 e. The molecule has 5 heteroatoms. The molecule has 0 aliphatic heterocycles. The third-order valence-corrected chi connectivity index (χ3v) is 3.09. The number of esters is 1. The molecule has 0 aromatic heterocycles. The molecule has 3 N–H and O–H groups in total. The summed E-state index contributed by atoms with van der Waals surface area (Å²) in [4.78, 5) is 11.7. The summed E-state index contributed by atoms with van der Waals surface area (Å²) in [6, 6.07) is 0. The topological polar surface area (TPSA) is 87.0 Å². The van der Waals surface area contributed by atoms with E-state index >= 15 is 0 Å². The van der Waals surface area contributed by atoms with Gasteiger partial charge in [-0.2, -0.15) is 0 Å². The Morgan fingerprint density at radius 3 is 2.71 bits per heavy atom. The molecule has 0 aromatic carbocycles. The van der Waals surface area contributed by atoms with Crippen molar-refractivity contribution in [3.63, 3.8) is 0 Å². The van der Waals surface area contributed by atoms with E-state index in [0.717, 1.165) is 6.26 Å². The summed E-state index contributed by atoms with van der Waals surface area (Å²) < 4.78 is 5.02. The molecule has 1 rings (SSSR count). The van der Waals surface area contributed by atoms with Crippen LogP contribution < -0.4 is 0 Å². The summed E-state index contributed by atoms with van der Waals surface area (Å²) in [6.07, 6.45) is 2.19. The lowest BCUT2D eigenvalue weighted by molar-refractivity contribution is -0.159. The van der Waals surface area contributed by atoms with E-state index in [2.05, 4.69) is 0 Å². The molecule has 1 aliphatic carbocycles. The second kappa shape index (κ2) is 6.61. The van der Waals surface area contributed by atoms with E-state index in [9.17, 15) is 15.0 Å². The van der Waals surface area contributed by atoms with Crippen LogP contribution in [-0.4, -0.2) is 40.1 Å². The van der Waals surface area contributed by atoms with Crippen LogP contribution in [0.2, 0.25) is 0 Å². The summed E-state index contributed by atoms with van der Waals surface area (Å²) in [5.41, 5.74) is 0. The van der Waals surface area contributed by atoms with Crippen LogP contribution in [0.1, 0.15) is 26.2 Å². The fourth-order valence-electron chi connectivity index (χ4n) is 2.26. The van der Waals surface area contributed by atoms with E-state index in [0.29, 0.717) is 12.8 Å². The lowest BCUT2D eigenvalue weighted by atomic mass is 9.77. The minimum atomic E-state index is -0.838. The molecule has 17 heavy (non-hydrogen) atoms. The number of ether oxygens (including phenoxy) is 1. The highest BCUT2D eigenvalue weighted by molar-refractivity contribution is 5.73. The van der Waals surface area contributed by atoms with Crippen molar-refractivity contribution in [1.82, 2.24) is 0 Å². The second-order valence-corrected chi connectivity index (χ2v) is 4.54. The molecule has 0 amide bonds. The first-order valence-corrected chi connectivity index (χ1v) is 5.88. The SMILES string of the molecule is CC1CC(O)CC(O)C1C(=O)OCC/C=C/O. The van der Waals surface area contributed by atoms with Crippen molar-refractivity contribution in [2.75, 3.05) is 6.61 Å². The lowest BCUT2D eigenvalue weighted by Gasteiger charge is -2.34. The van der Waals surface area contributed by atoms with Crippen molar-refractivity contribution in [2.45, 2.75) is 38.4 Å². The summed E-state index contributed by atoms with van der Waals surface area (Å²) in [5.74, 6) is -1.07. The van der Waals surface area contributed by atoms with Gasteiger partial charge in [-0.05, 0) is 18.4 Å². The number of hydrogen-bond donors (Lipinski definition) is 3. The number of rotatable bonds is 4. The van der Waals surface area contributed by atoms with Crippen LogP contribution in [0.25, 0.3) is 0 Å². The maximum Gasteiger partial charge on any atom is 0.311 e. The van der Waals surface area contributed by atoms with Gasteiger partial charge in [0.1, 0.15) is 0 Å². The smallest absolute Gasteiger partial charge is 0.311 e. The largest absolute Gasteiger partial charge is 0.516 e. The number of aliphatic hydroxyl groups is 3. The van der Waals surface area contributed by atoms with Gasteiger partial charge < -0.3 is 20.1 Å². The van der Waals surface area contributed by atoms with Crippen molar-refractivity contribution in [3.05, 3.63) is 12.3 Å². The number of carbonyl (C=O) groups excluding carboxylic acids is 1. The lowest BCUT2D eigenvalue weighted by Crippen LogP contribution is -2.42. The molecule has 5 nitrogen and oxygen atoms in total. The van der Waals surface area contributed by atoms with Gasteiger partial charge in [0.15, 0.2) is 0 Å². The molecule has 0 saturated heterocycles. The summed E-state index contributed by atoms with van der Waals surface area (Å²) >= 11 is 0. The van der Waals surface area contributed by atoms with Crippen molar-refractivity contribution in [2.24, 2.45) is 11.8 Å². The highest BCUT2D eigenvalue weighted by Gasteiger charge is 2.39. The molecule has 0 radical (unpaired) electrons.